The highest BCUT2D eigenvalue weighted by atomic mass is 79.9. The molecule has 0 aliphatic carbocycles. The van der Waals surface area contributed by atoms with Crippen molar-refractivity contribution in [2.75, 3.05) is 10.6 Å². The van der Waals surface area contributed by atoms with Crippen LogP contribution < -0.4 is 10.6 Å². The number of benzene rings is 2. The topological polar surface area (TPSA) is 49.8 Å². The average molecular weight is 373 g/mol. The van der Waals surface area contributed by atoms with Crippen LogP contribution in [0.4, 0.5) is 21.7 Å². The standard InChI is InChI=1S/C17H14BrFN4/c18-13-2-1-3-15(8-13)23-17-9-16(21-11-22-17)20-10-12-4-6-14(19)7-5-12/h1-9,11H,10H2,(H2,20,21,22,23). The lowest BCUT2D eigenvalue weighted by molar-refractivity contribution is 0.627. The first-order chi connectivity index (χ1) is 11.2. The van der Waals surface area contributed by atoms with Crippen LogP contribution in [0.3, 0.4) is 0 Å². The summed E-state index contributed by atoms with van der Waals surface area (Å²) in [4.78, 5) is 8.39. The largest absolute Gasteiger partial charge is 0.366 e. The fraction of sp³-hybridized carbons (Fsp3) is 0.0588. The summed E-state index contributed by atoms with van der Waals surface area (Å²) in [5.74, 6) is 1.15. The second-order valence-electron chi connectivity index (χ2n) is 4.90. The summed E-state index contributed by atoms with van der Waals surface area (Å²) >= 11 is 3.43. The predicted octanol–water partition coefficient (Wildman–Crippen LogP) is 4.73. The van der Waals surface area contributed by atoms with Crippen molar-refractivity contribution < 1.29 is 4.39 Å². The Morgan fingerprint density at radius 3 is 2.52 bits per heavy atom. The molecule has 0 unspecified atom stereocenters. The van der Waals surface area contributed by atoms with E-state index in [-0.39, 0.29) is 5.82 Å². The van der Waals surface area contributed by atoms with Gasteiger partial charge in [-0.1, -0.05) is 34.1 Å². The number of hydrogen-bond donors (Lipinski definition) is 2. The number of anilines is 3. The van der Waals surface area contributed by atoms with E-state index >= 15 is 0 Å². The van der Waals surface area contributed by atoms with Gasteiger partial charge in [0.15, 0.2) is 0 Å². The van der Waals surface area contributed by atoms with Crippen molar-refractivity contribution in [1.29, 1.82) is 0 Å². The Morgan fingerprint density at radius 1 is 0.957 bits per heavy atom. The Balaban J connectivity index is 1.66. The highest BCUT2D eigenvalue weighted by Gasteiger charge is 2.01. The summed E-state index contributed by atoms with van der Waals surface area (Å²) < 4.78 is 13.9. The molecule has 1 heterocycles. The number of nitrogens with one attached hydrogen (secondary N) is 2. The van der Waals surface area contributed by atoms with E-state index in [4.69, 9.17) is 0 Å². The van der Waals surface area contributed by atoms with E-state index < -0.39 is 0 Å². The third-order valence-corrected chi connectivity index (χ3v) is 3.64. The summed E-state index contributed by atoms with van der Waals surface area (Å²) in [6.07, 6.45) is 1.49. The maximum Gasteiger partial charge on any atom is 0.135 e. The molecular weight excluding hydrogens is 359 g/mol. The summed E-state index contributed by atoms with van der Waals surface area (Å²) in [7, 11) is 0. The van der Waals surface area contributed by atoms with Gasteiger partial charge in [0.25, 0.3) is 0 Å². The molecule has 0 aliphatic heterocycles. The zero-order valence-electron chi connectivity index (χ0n) is 12.1. The Hall–Kier alpha value is -2.47. The van der Waals surface area contributed by atoms with Crippen LogP contribution >= 0.6 is 15.9 Å². The van der Waals surface area contributed by atoms with Gasteiger partial charge in [-0.15, -0.1) is 0 Å². The van der Waals surface area contributed by atoms with Gasteiger partial charge in [0.1, 0.15) is 23.8 Å². The first-order valence-electron chi connectivity index (χ1n) is 7.02. The first-order valence-corrected chi connectivity index (χ1v) is 7.81. The van der Waals surface area contributed by atoms with Crippen LogP contribution in [0.25, 0.3) is 0 Å². The minimum Gasteiger partial charge on any atom is -0.366 e. The number of hydrogen-bond acceptors (Lipinski definition) is 4. The molecule has 3 aromatic rings. The van der Waals surface area contributed by atoms with Crippen LogP contribution in [0.2, 0.25) is 0 Å². The van der Waals surface area contributed by atoms with Crippen molar-refractivity contribution >= 4 is 33.3 Å². The molecule has 0 saturated carbocycles. The third-order valence-electron chi connectivity index (χ3n) is 3.15. The minimum absolute atomic E-state index is 0.240. The molecule has 0 aliphatic rings. The van der Waals surface area contributed by atoms with Gasteiger partial charge in [0.05, 0.1) is 0 Å². The summed E-state index contributed by atoms with van der Waals surface area (Å²) in [6.45, 7) is 0.563. The van der Waals surface area contributed by atoms with E-state index in [0.717, 1.165) is 15.7 Å². The second kappa shape index (κ2) is 7.19. The number of rotatable bonds is 5. The number of nitrogens with zero attached hydrogens (tertiary/aromatic N) is 2. The van der Waals surface area contributed by atoms with E-state index in [1.807, 2.05) is 30.3 Å². The van der Waals surface area contributed by atoms with Crippen molar-refractivity contribution in [3.8, 4) is 0 Å². The molecular formula is C17H14BrFN4. The maximum atomic E-state index is 12.9. The zero-order chi connectivity index (χ0) is 16.1. The monoisotopic (exact) mass is 372 g/mol. The molecule has 0 atom stereocenters. The van der Waals surface area contributed by atoms with Gasteiger partial charge in [-0.3, -0.25) is 0 Å². The molecule has 0 bridgehead atoms. The van der Waals surface area contributed by atoms with E-state index in [9.17, 15) is 4.39 Å². The van der Waals surface area contributed by atoms with E-state index in [1.54, 1.807) is 12.1 Å². The van der Waals surface area contributed by atoms with Gasteiger partial charge in [0, 0.05) is 22.8 Å². The molecule has 23 heavy (non-hydrogen) atoms. The van der Waals surface area contributed by atoms with Gasteiger partial charge in [-0.05, 0) is 35.9 Å². The molecule has 2 N–H and O–H groups in total. The molecule has 6 heteroatoms. The molecule has 1 aromatic heterocycles. The molecule has 0 fully saturated rings. The number of aromatic nitrogens is 2. The highest BCUT2D eigenvalue weighted by Crippen LogP contribution is 2.20. The maximum absolute atomic E-state index is 12.9. The molecule has 2 aromatic carbocycles. The van der Waals surface area contributed by atoms with Crippen LogP contribution in [-0.4, -0.2) is 9.97 Å². The van der Waals surface area contributed by atoms with Crippen LogP contribution in [0.1, 0.15) is 5.56 Å². The average Bonchev–Trinajstić information content (AvgIpc) is 2.55. The Morgan fingerprint density at radius 2 is 1.74 bits per heavy atom. The Kier molecular flexibility index (Phi) is 4.83. The van der Waals surface area contributed by atoms with Crippen LogP contribution in [0.15, 0.2) is 65.4 Å². The summed E-state index contributed by atoms with van der Waals surface area (Å²) in [5, 5.41) is 6.42. The minimum atomic E-state index is -0.240. The first kappa shape index (κ1) is 15.4. The quantitative estimate of drug-likeness (QED) is 0.679. The molecule has 0 radical (unpaired) electrons. The van der Waals surface area contributed by atoms with Gasteiger partial charge in [-0.25, -0.2) is 14.4 Å². The Bertz CT molecular complexity index is 793. The second-order valence-corrected chi connectivity index (χ2v) is 5.82. The van der Waals surface area contributed by atoms with Crippen molar-refractivity contribution in [1.82, 2.24) is 9.97 Å². The predicted molar refractivity (Wildman–Crippen MR) is 93.2 cm³/mol. The lowest BCUT2D eigenvalue weighted by Gasteiger charge is -2.09. The highest BCUT2D eigenvalue weighted by molar-refractivity contribution is 9.10. The molecule has 0 spiro atoms. The van der Waals surface area contributed by atoms with Crippen molar-refractivity contribution in [3.63, 3.8) is 0 Å². The van der Waals surface area contributed by atoms with E-state index in [1.165, 1.54) is 18.5 Å². The van der Waals surface area contributed by atoms with Crippen molar-refractivity contribution in [3.05, 3.63) is 76.8 Å². The fourth-order valence-corrected chi connectivity index (χ4v) is 2.43. The molecule has 116 valence electrons. The van der Waals surface area contributed by atoms with Crippen molar-refractivity contribution in [2.24, 2.45) is 0 Å². The molecule has 0 amide bonds. The SMILES string of the molecule is Fc1ccc(CNc2cc(Nc3cccc(Br)c3)ncn2)cc1. The lowest BCUT2D eigenvalue weighted by Crippen LogP contribution is -2.03. The van der Waals surface area contributed by atoms with Gasteiger partial charge < -0.3 is 10.6 Å². The summed E-state index contributed by atoms with van der Waals surface area (Å²) in [6, 6.07) is 16.0. The van der Waals surface area contributed by atoms with Crippen LogP contribution in [-0.2, 0) is 6.54 Å². The van der Waals surface area contributed by atoms with Crippen LogP contribution in [0.5, 0.6) is 0 Å². The smallest absolute Gasteiger partial charge is 0.135 e. The van der Waals surface area contributed by atoms with Crippen LogP contribution in [0, 0.1) is 5.82 Å². The van der Waals surface area contributed by atoms with E-state index in [0.29, 0.717) is 18.2 Å². The molecule has 3 rings (SSSR count). The normalized spacial score (nSPS) is 10.3. The van der Waals surface area contributed by atoms with E-state index in [2.05, 4.69) is 36.5 Å². The zero-order valence-corrected chi connectivity index (χ0v) is 13.7. The lowest BCUT2D eigenvalue weighted by atomic mass is 10.2. The molecule has 0 saturated heterocycles. The third kappa shape index (κ3) is 4.50. The van der Waals surface area contributed by atoms with Gasteiger partial charge in [0.2, 0.25) is 0 Å². The number of halogens is 2. The Labute approximate surface area is 141 Å². The summed E-state index contributed by atoms with van der Waals surface area (Å²) in [5.41, 5.74) is 1.91. The van der Waals surface area contributed by atoms with Gasteiger partial charge >= 0.3 is 0 Å². The van der Waals surface area contributed by atoms with Crippen molar-refractivity contribution in [2.45, 2.75) is 6.54 Å². The van der Waals surface area contributed by atoms with Gasteiger partial charge in [-0.2, -0.15) is 0 Å². The molecule has 4 nitrogen and oxygen atoms in total. The fourth-order valence-electron chi connectivity index (χ4n) is 2.03.